The molecule has 2 unspecified atom stereocenters. The van der Waals surface area contributed by atoms with Gasteiger partial charge < -0.3 is 14.5 Å². The highest BCUT2D eigenvalue weighted by molar-refractivity contribution is 9.10. The Labute approximate surface area is 109 Å². The molecule has 1 aromatic rings. The lowest BCUT2D eigenvalue weighted by molar-refractivity contribution is -0.0942. The van der Waals surface area contributed by atoms with Crippen molar-refractivity contribution in [1.82, 2.24) is 5.32 Å². The van der Waals surface area contributed by atoms with E-state index in [1.165, 1.54) is 6.26 Å². The molecule has 0 aliphatic heterocycles. The van der Waals surface area contributed by atoms with Gasteiger partial charge in [0.05, 0.1) is 17.9 Å². The first-order valence-electron chi connectivity index (χ1n) is 5.53. The quantitative estimate of drug-likeness (QED) is 0.933. The van der Waals surface area contributed by atoms with Crippen molar-refractivity contribution in [3.8, 4) is 0 Å². The topological polar surface area (TPSA) is 51.5 Å². The summed E-state index contributed by atoms with van der Waals surface area (Å²) in [6, 6.07) is 1.79. The largest absolute Gasteiger partial charge is 0.457 e. The van der Waals surface area contributed by atoms with Crippen molar-refractivity contribution in [2.24, 2.45) is 5.41 Å². The lowest BCUT2D eigenvalue weighted by Crippen LogP contribution is -2.61. The maximum absolute atomic E-state index is 12.0. The van der Waals surface area contributed by atoms with E-state index in [2.05, 4.69) is 35.1 Å². The molecule has 0 spiro atoms. The number of hydrogen-bond donors (Lipinski definition) is 1. The first-order chi connectivity index (χ1) is 7.96. The normalized spacial score (nSPS) is 26.4. The van der Waals surface area contributed by atoms with Crippen LogP contribution in [0, 0.1) is 5.41 Å². The highest BCUT2D eigenvalue weighted by atomic mass is 79.9. The minimum atomic E-state index is -0.113. The van der Waals surface area contributed by atoms with E-state index in [9.17, 15) is 4.79 Å². The predicted molar refractivity (Wildman–Crippen MR) is 66.9 cm³/mol. The van der Waals surface area contributed by atoms with E-state index in [1.54, 1.807) is 13.2 Å². The van der Waals surface area contributed by atoms with E-state index in [1.807, 2.05) is 0 Å². The number of ether oxygens (including phenoxy) is 1. The van der Waals surface area contributed by atoms with Crippen molar-refractivity contribution in [2.75, 3.05) is 7.11 Å². The molecule has 1 amide bonds. The van der Waals surface area contributed by atoms with Gasteiger partial charge in [0.1, 0.15) is 0 Å². The molecular weight excluding hydrogens is 286 g/mol. The van der Waals surface area contributed by atoms with Gasteiger partial charge in [-0.05, 0) is 28.4 Å². The molecule has 2 atom stereocenters. The van der Waals surface area contributed by atoms with Crippen LogP contribution < -0.4 is 5.32 Å². The van der Waals surface area contributed by atoms with Crippen LogP contribution in [0.1, 0.15) is 30.6 Å². The maximum Gasteiger partial charge on any atom is 0.255 e. The molecule has 1 heterocycles. The van der Waals surface area contributed by atoms with Crippen molar-refractivity contribution >= 4 is 21.8 Å². The van der Waals surface area contributed by atoms with Crippen molar-refractivity contribution in [2.45, 2.75) is 32.4 Å². The maximum atomic E-state index is 12.0. The molecule has 1 fully saturated rings. The van der Waals surface area contributed by atoms with Gasteiger partial charge in [-0.1, -0.05) is 13.8 Å². The number of amides is 1. The zero-order valence-corrected chi connectivity index (χ0v) is 11.7. The number of carbonyl (C=O) groups is 1. The summed E-state index contributed by atoms with van der Waals surface area (Å²) < 4.78 is 10.9. The standard InChI is InChI=1S/C12H16BrNO3/c1-12(2)8(6-9(12)16-3)14-11(15)7-4-5-17-10(7)13/h4-5,8-9H,6H2,1-3H3,(H,14,15). The van der Waals surface area contributed by atoms with E-state index < -0.39 is 0 Å². The molecule has 1 aromatic heterocycles. The van der Waals surface area contributed by atoms with Gasteiger partial charge >= 0.3 is 0 Å². The Bertz CT molecular complexity index is 427. The molecule has 0 bridgehead atoms. The first kappa shape index (κ1) is 12.6. The molecule has 2 rings (SSSR count). The van der Waals surface area contributed by atoms with Crippen molar-refractivity contribution < 1.29 is 13.9 Å². The van der Waals surface area contributed by atoms with Crippen molar-refractivity contribution in [3.63, 3.8) is 0 Å². The fraction of sp³-hybridized carbons (Fsp3) is 0.583. The lowest BCUT2D eigenvalue weighted by Gasteiger charge is -2.51. The van der Waals surface area contributed by atoms with Gasteiger partial charge in [-0.2, -0.15) is 0 Å². The Hall–Kier alpha value is -0.810. The van der Waals surface area contributed by atoms with Gasteiger partial charge in [0.2, 0.25) is 0 Å². The van der Waals surface area contributed by atoms with E-state index in [0.29, 0.717) is 10.2 Å². The molecule has 1 aliphatic carbocycles. The Balaban J connectivity index is 2.00. The molecule has 0 aromatic carbocycles. The van der Waals surface area contributed by atoms with E-state index in [0.717, 1.165) is 6.42 Å². The van der Waals surface area contributed by atoms with Crippen LogP contribution in [-0.2, 0) is 4.74 Å². The summed E-state index contributed by atoms with van der Waals surface area (Å²) in [5.74, 6) is -0.113. The fourth-order valence-corrected chi connectivity index (χ4v) is 2.64. The number of hydrogen-bond acceptors (Lipinski definition) is 3. The van der Waals surface area contributed by atoms with Gasteiger partial charge in [0.15, 0.2) is 4.67 Å². The number of halogens is 1. The smallest absolute Gasteiger partial charge is 0.255 e. The zero-order chi connectivity index (χ0) is 12.6. The van der Waals surface area contributed by atoms with E-state index >= 15 is 0 Å². The molecule has 17 heavy (non-hydrogen) atoms. The molecular formula is C12H16BrNO3. The third-order valence-electron chi connectivity index (χ3n) is 3.63. The third-order valence-corrected chi connectivity index (χ3v) is 4.24. The summed E-state index contributed by atoms with van der Waals surface area (Å²) >= 11 is 3.20. The molecule has 0 saturated heterocycles. The second kappa shape index (κ2) is 4.46. The van der Waals surface area contributed by atoms with Crippen LogP contribution in [0.4, 0.5) is 0 Å². The van der Waals surface area contributed by atoms with Crippen LogP contribution in [0.2, 0.25) is 0 Å². The number of carbonyl (C=O) groups excluding carboxylic acids is 1. The van der Waals surface area contributed by atoms with E-state index in [4.69, 9.17) is 9.15 Å². The average molecular weight is 302 g/mol. The third kappa shape index (κ3) is 2.13. The minimum absolute atomic E-state index is 0.0272. The number of rotatable bonds is 3. The summed E-state index contributed by atoms with van der Waals surface area (Å²) in [5, 5.41) is 3.01. The second-order valence-corrected chi connectivity index (χ2v) is 5.64. The predicted octanol–water partition coefficient (Wildman–Crippen LogP) is 2.59. The molecule has 4 nitrogen and oxygen atoms in total. The molecule has 5 heteroatoms. The van der Waals surface area contributed by atoms with Crippen LogP contribution in [0.25, 0.3) is 0 Å². The summed E-state index contributed by atoms with van der Waals surface area (Å²) in [4.78, 5) is 12.0. The van der Waals surface area contributed by atoms with Gasteiger partial charge in [-0.25, -0.2) is 0 Å². The number of methoxy groups -OCH3 is 1. The Kier molecular flexibility index (Phi) is 3.32. The van der Waals surface area contributed by atoms with Crippen molar-refractivity contribution in [1.29, 1.82) is 0 Å². The lowest BCUT2D eigenvalue weighted by atomic mass is 9.64. The average Bonchev–Trinajstić information content (AvgIpc) is 2.69. The van der Waals surface area contributed by atoms with Crippen LogP contribution in [-0.4, -0.2) is 25.2 Å². The molecule has 0 radical (unpaired) electrons. The van der Waals surface area contributed by atoms with Gasteiger partial charge in [0, 0.05) is 18.6 Å². The molecule has 1 aliphatic rings. The van der Waals surface area contributed by atoms with Gasteiger partial charge in [-0.3, -0.25) is 4.79 Å². The number of furan rings is 1. The van der Waals surface area contributed by atoms with Crippen LogP contribution in [0.15, 0.2) is 21.4 Å². The Morgan fingerprint density at radius 1 is 1.65 bits per heavy atom. The van der Waals surface area contributed by atoms with Gasteiger partial charge in [-0.15, -0.1) is 0 Å². The summed E-state index contributed by atoms with van der Waals surface area (Å²) in [5.41, 5.74) is 0.502. The summed E-state index contributed by atoms with van der Waals surface area (Å²) in [6.45, 7) is 4.19. The Morgan fingerprint density at radius 2 is 2.35 bits per heavy atom. The summed E-state index contributed by atoms with van der Waals surface area (Å²) in [7, 11) is 1.71. The van der Waals surface area contributed by atoms with Crippen molar-refractivity contribution in [3.05, 3.63) is 22.6 Å². The van der Waals surface area contributed by atoms with Crippen LogP contribution in [0.3, 0.4) is 0 Å². The Morgan fingerprint density at radius 3 is 2.82 bits per heavy atom. The van der Waals surface area contributed by atoms with Gasteiger partial charge in [0.25, 0.3) is 5.91 Å². The summed E-state index contributed by atoms with van der Waals surface area (Å²) in [6.07, 6.45) is 2.55. The minimum Gasteiger partial charge on any atom is -0.457 e. The zero-order valence-electron chi connectivity index (χ0n) is 10.1. The fourth-order valence-electron chi connectivity index (χ4n) is 2.22. The molecule has 1 N–H and O–H groups in total. The second-order valence-electron chi connectivity index (χ2n) is 4.92. The van der Waals surface area contributed by atoms with Crippen LogP contribution >= 0.6 is 15.9 Å². The first-order valence-corrected chi connectivity index (χ1v) is 6.32. The van der Waals surface area contributed by atoms with E-state index in [-0.39, 0.29) is 23.5 Å². The van der Waals surface area contributed by atoms with Crippen LogP contribution in [0.5, 0.6) is 0 Å². The number of nitrogens with one attached hydrogen (secondary N) is 1. The SMILES string of the molecule is COC1CC(NC(=O)c2ccoc2Br)C1(C)C. The highest BCUT2D eigenvalue weighted by Crippen LogP contribution is 2.42. The monoisotopic (exact) mass is 301 g/mol. The highest BCUT2D eigenvalue weighted by Gasteiger charge is 2.49. The molecule has 94 valence electrons. The molecule has 1 saturated carbocycles.